The summed E-state index contributed by atoms with van der Waals surface area (Å²) in [6.07, 6.45) is -0.191. The van der Waals surface area contributed by atoms with Gasteiger partial charge in [0.15, 0.2) is 17.3 Å². The molecule has 1 aromatic carbocycles. The molecule has 0 aromatic heterocycles. The van der Waals surface area contributed by atoms with E-state index in [1.165, 1.54) is 13.2 Å². The SMILES string of the molecule is CCOc1cc(C(OC)C(=O)CC)ccc1O. The number of phenols is 1. The Balaban J connectivity index is 3.04. The second kappa shape index (κ2) is 6.25. The van der Waals surface area contributed by atoms with Gasteiger partial charge in [-0.1, -0.05) is 13.0 Å². The van der Waals surface area contributed by atoms with Gasteiger partial charge in [0, 0.05) is 13.5 Å². The van der Waals surface area contributed by atoms with E-state index in [1.54, 1.807) is 19.1 Å². The van der Waals surface area contributed by atoms with Gasteiger partial charge < -0.3 is 14.6 Å². The fourth-order valence-corrected chi connectivity index (χ4v) is 1.60. The first-order valence-corrected chi connectivity index (χ1v) is 5.65. The van der Waals surface area contributed by atoms with Crippen LogP contribution in [0, 0.1) is 0 Å². The summed E-state index contributed by atoms with van der Waals surface area (Å²) in [4.78, 5) is 11.7. The van der Waals surface area contributed by atoms with Gasteiger partial charge in [-0.15, -0.1) is 0 Å². The molecule has 94 valence electrons. The van der Waals surface area contributed by atoms with Crippen molar-refractivity contribution in [3.05, 3.63) is 23.8 Å². The third kappa shape index (κ3) is 3.20. The molecule has 17 heavy (non-hydrogen) atoms. The molecule has 0 amide bonds. The quantitative estimate of drug-likeness (QED) is 0.827. The zero-order valence-corrected chi connectivity index (χ0v) is 10.4. The Kier molecular flexibility index (Phi) is 4.97. The highest BCUT2D eigenvalue weighted by molar-refractivity contribution is 5.84. The summed E-state index contributed by atoms with van der Waals surface area (Å²) in [6.45, 7) is 4.08. The topological polar surface area (TPSA) is 55.8 Å². The van der Waals surface area contributed by atoms with Crippen molar-refractivity contribution >= 4 is 5.78 Å². The molecule has 1 rings (SSSR count). The maximum atomic E-state index is 11.7. The van der Waals surface area contributed by atoms with Gasteiger partial charge in [0.05, 0.1) is 6.61 Å². The zero-order valence-electron chi connectivity index (χ0n) is 10.4. The third-order valence-corrected chi connectivity index (χ3v) is 2.46. The second-order valence-electron chi connectivity index (χ2n) is 3.60. The van der Waals surface area contributed by atoms with Crippen LogP contribution in [-0.4, -0.2) is 24.6 Å². The van der Waals surface area contributed by atoms with E-state index in [0.29, 0.717) is 24.3 Å². The Hall–Kier alpha value is -1.55. The maximum Gasteiger partial charge on any atom is 0.165 e. The van der Waals surface area contributed by atoms with Crippen LogP contribution in [0.15, 0.2) is 18.2 Å². The standard InChI is InChI=1S/C13H18O4/c1-4-10(14)13(16-3)9-6-7-11(15)12(8-9)17-5-2/h6-8,13,15H,4-5H2,1-3H3. The van der Waals surface area contributed by atoms with E-state index in [9.17, 15) is 9.90 Å². The van der Waals surface area contributed by atoms with Crippen molar-refractivity contribution in [1.82, 2.24) is 0 Å². The fourth-order valence-electron chi connectivity index (χ4n) is 1.60. The molecule has 0 fully saturated rings. The summed E-state index contributed by atoms with van der Waals surface area (Å²) in [6, 6.07) is 4.81. The lowest BCUT2D eigenvalue weighted by atomic mass is 10.0. The lowest BCUT2D eigenvalue weighted by Crippen LogP contribution is -2.13. The molecular weight excluding hydrogens is 220 g/mol. The molecule has 1 atom stereocenters. The van der Waals surface area contributed by atoms with Crippen LogP contribution >= 0.6 is 0 Å². The molecule has 1 N–H and O–H groups in total. The molecule has 4 nitrogen and oxygen atoms in total. The predicted molar refractivity (Wildman–Crippen MR) is 64.3 cm³/mol. The van der Waals surface area contributed by atoms with Crippen molar-refractivity contribution in [3.8, 4) is 11.5 Å². The Morgan fingerprint density at radius 1 is 1.41 bits per heavy atom. The number of carbonyl (C=O) groups is 1. The van der Waals surface area contributed by atoms with Gasteiger partial charge in [0.25, 0.3) is 0 Å². The minimum absolute atomic E-state index is 0.000591. The fraction of sp³-hybridized carbons (Fsp3) is 0.462. The van der Waals surface area contributed by atoms with Crippen molar-refractivity contribution in [3.63, 3.8) is 0 Å². The van der Waals surface area contributed by atoms with Crippen molar-refractivity contribution in [2.45, 2.75) is 26.4 Å². The number of ether oxygens (including phenoxy) is 2. The monoisotopic (exact) mass is 238 g/mol. The lowest BCUT2D eigenvalue weighted by molar-refractivity contribution is -0.128. The summed E-state index contributed by atoms with van der Waals surface area (Å²) in [5, 5.41) is 9.57. The molecule has 0 saturated carbocycles. The minimum atomic E-state index is -0.597. The first kappa shape index (κ1) is 13.5. The number of hydrogen-bond acceptors (Lipinski definition) is 4. The van der Waals surface area contributed by atoms with Gasteiger partial charge in [0.1, 0.15) is 6.10 Å². The number of benzene rings is 1. The summed E-state index contributed by atoms with van der Waals surface area (Å²) < 4.78 is 10.4. The number of aromatic hydroxyl groups is 1. The maximum absolute atomic E-state index is 11.7. The normalized spacial score (nSPS) is 12.2. The van der Waals surface area contributed by atoms with Crippen LogP contribution in [0.25, 0.3) is 0 Å². The van der Waals surface area contributed by atoms with Crippen molar-refractivity contribution in [2.24, 2.45) is 0 Å². The van der Waals surface area contributed by atoms with E-state index >= 15 is 0 Å². The Morgan fingerprint density at radius 2 is 2.12 bits per heavy atom. The number of ketones is 1. The van der Waals surface area contributed by atoms with Crippen LogP contribution in [0.5, 0.6) is 11.5 Å². The van der Waals surface area contributed by atoms with E-state index in [0.717, 1.165) is 0 Å². The van der Waals surface area contributed by atoms with E-state index in [1.807, 2.05) is 6.92 Å². The van der Waals surface area contributed by atoms with Crippen LogP contribution in [0.1, 0.15) is 31.9 Å². The lowest BCUT2D eigenvalue weighted by Gasteiger charge is -2.15. The number of phenolic OH excluding ortho intramolecular Hbond substituents is 1. The van der Waals surface area contributed by atoms with Gasteiger partial charge in [-0.2, -0.15) is 0 Å². The molecule has 0 heterocycles. The molecular formula is C13H18O4. The van der Waals surface area contributed by atoms with Gasteiger partial charge in [0.2, 0.25) is 0 Å². The van der Waals surface area contributed by atoms with Crippen LogP contribution < -0.4 is 4.74 Å². The summed E-state index contributed by atoms with van der Waals surface area (Å²) in [5.41, 5.74) is 0.695. The van der Waals surface area contributed by atoms with Crippen molar-refractivity contribution in [1.29, 1.82) is 0 Å². The highest BCUT2D eigenvalue weighted by Crippen LogP contribution is 2.30. The molecule has 0 saturated heterocycles. The number of hydrogen-bond donors (Lipinski definition) is 1. The number of Topliss-reactive ketones (excluding diaryl/α,β-unsaturated/α-hetero) is 1. The Bertz CT molecular complexity index is 387. The smallest absolute Gasteiger partial charge is 0.165 e. The first-order valence-electron chi connectivity index (χ1n) is 5.65. The molecule has 0 spiro atoms. The molecule has 0 aliphatic heterocycles. The number of rotatable bonds is 6. The van der Waals surface area contributed by atoms with Gasteiger partial charge >= 0.3 is 0 Å². The number of methoxy groups -OCH3 is 1. The van der Waals surface area contributed by atoms with Crippen molar-refractivity contribution in [2.75, 3.05) is 13.7 Å². The van der Waals surface area contributed by atoms with Gasteiger partial charge in [-0.25, -0.2) is 0 Å². The summed E-state index contributed by atoms with van der Waals surface area (Å²) in [7, 11) is 1.49. The highest BCUT2D eigenvalue weighted by Gasteiger charge is 2.19. The van der Waals surface area contributed by atoms with E-state index in [2.05, 4.69) is 0 Å². The average Bonchev–Trinajstić information content (AvgIpc) is 2.34. The van der Waals surface area contributed by atoms with Crippen LogP contribution in [0.4, 0.5) is 0 Å². The zero-order chi connectivity index (χ0) is 12.8. The third-order valence-electron chi connectivity index (χ3n) is 2.46. The Labute approximate surface area is 101 Å². The van der Waals surface area contributed by atoms with Crippen LogP contribution in [0.2, 0.25) is 0 Å². The van der Waals surface area contributed by atoms with E-state index in [4.69, 9.17) is 9.47 Å². The molecule has 1 aromatic rings. The van der Waals surface area contributed by atoms with E-state index < -0.39 is 6.10 Å². The summed E-state index contributed by atoms with van der Waals surface area (Å²) >= 11 is 0. The van der Waals surface area contributed by atoms with Crippen LogP contribution in [0.3, 0.4) is 0 Å². The summed E-state index contributed by atoms with van der Waals surface area (Å²) in [5.74, 6) is 0.436. The van der Waals surface area contributed by atoms with Gasteiger partial charge in [-0.3, -0.25) is 4.79 Å². The van der Waals surface area contributed by atoms with Crippen LogP contribution in [-0.2, 0) is 9.53 Å². The average molecular weight is 238 g/mol. The van der Waals surface area contributed by atoms with Crippen molar-refractivity contribution < 1.29 is 19.4 Å². The number of carbonyl (C=O) groups excluding carboxylic acids is 1. The molecule has 0 aliphatic carbocycles. The molecule has 4 heteroatoms. The molecule has 0 bridgehead atoms. The predicted octanol–water partition coefficient (Wildman–Crippen LogP) is 2.46. The highest BCUT2D eigenvalue weighted by atomic mass is 16.5. The molecule has 0 radical (unpaired) electrons. The first-order chi connectivity index (χ1) is 8.13. The second-order valence-corrected chi connectivity index (χ2v) is 3.60. The largest absolute Gasteiger partial charge is 0.504 e. The van der Waals surface area contributed by atoms with E-state index in [-0.39, 0.29) is 11.5 Å². The molecule has 1 unspecified atom stereocenters. The minimum Gasteiger partial charge on any atom is -0.504 e. The Morgan fingerprint density at radius 3 is 2.65 bits per heavy atom. The van der Waals surface area contributed by atoms with Gasteiger partial charge in [-0.05, 0) is 24.6 Å². The molecule has 0 aliphatic rings.